The Morgan fingerprint density at radius 3 is 1.92 bits per heavy atom. The zero-order valence-electron chi connectivity index (χ0n) is 15.0. The molecule has 0 bridgehead atoms. The molecule has 24 heavy (non-hydrogen) atoms. The van der Waals surface area contributed by atoms with Crippen molar-refractivity contribution in [3.05, 3.63) is 78.0 Å². The van der Waals surface area contributed by atoms with Crippen LogP contribution < -0.4 is 0 Å². The molecule has 4 radical (unpaired) electrons. The molecular formula is C21H23BSY-. The average molecular weight is 407 g/mol. The van der Waals surface area contributed by atoms with Crippen molar-refractivity contribution >= 4 is 19.7 Å². The smallest absolute Gasteiger partial charge is 0.0426 e. The normalized spacial score (nSPS) is 9.96. The van der Waals surface area contributed by atoms with Crippen LogP contribution in [0.5, 0.6) is 0 Å². The van der Waals surface area contributed by atoms with Crippen LogP contribution in [0.25, 0.3) is 21.6 Å². The Labute approximate surface area is 178 Å². The van der Waals surface area contributed by atoms with Gasteiger partial charge in [0, 0.05) is 56.4 Å². The average Bonchev–Trinajstić information content (AvgIpc) is 2.86. The number of hydrogen-bond acceptors (Lipinski definition) is 1. The summed E-state index contributed by atoms with van der Waals surface area (Å²) in [5, 5.41) is 0. The van der Waals surface area contributed by atoms with Crippen molar-refractivity contribution in [1.82, 2.24) is 0 Å². The van der Waals surface area contributed by atoms with Crippen LogP contribution in [0.4, 0.5) is 0 Å². The maximum absolute atomic E-state index is 2.33. The SMILES string of the molecule is CC.Cc1cc2c(s1)-c1ccccc1Cc1ccccc1-2.[B].[CH3-].[Y]. The van der Waals surface area contributed by atoms with Crippen molar-refractivity contribution < 1.29 is 32.7 Å². The van der Waals surface area contributed by atoms with Gasteiger partial charge in [0.25, 0.3) is 0 Å². The Morgan fingerprint density at radius 1 is 0.792 bits per heavy atom. The first-order valence-electron chi connectivity index (χ1n) is 7.60. The molecule has 0 unspecified atom stereocenters. The molecule has 0 spiro atoms. The summed E-state index contributed by atoms with van der Waals surface area (Å²) in [6.07, 6.45) is 1.03. The number of aryl methyl sites for hydroxylation is 1. The minimum atomic E-state index is 0. The van der Waals surface area contributed by atoms with Crippen LogP contribution in [0, 0.1) is 14.4 Å². The van der Waals surface area contributed by atoms with E-state index in [0.29, 0.717) is 0 Å². The quantitative estimate of drug-likeness (QED) is 0.234. The van der Waals surface area contributed by atoms with E-state index < -0.39 is 0 Å². The fourth-order valence-electron chi connectivity index (χ4n) is 2.95. The molecule has 3 aromatic rings. The molecule has 0 nitrogen and oxygen atoms in total. The zero-order valence-corrected chi connectivity index (χ0v) is 18.6. The minimum Gasteiger partial charge on any atom is -0.358 e. The second-order valence-electron chi connectivity index (χ2n) is 5.09. The van der Waals surface area contributed by atoms with Crippen LogP contribution >= 0.6 is 11.3 Å². The second kappa shape index (κ2) is 10.3. The van der Waals surface area contributed by atoms with Crippen molar-refractivity contribution in [2.45, 2.75) is 27.2 Å². The van der Waals surface area contributed by atoms with Crippen LogP contribution in [-0.2, 0) is 39.1 Å². The van der Waals surface area contributed by atoms with Crippen molar-refractivity contribution in [2.24, 2.45) is 0 Å². The van der Waals surface area contributed by atoms with Crippen molar-refractivity contribution in [3.8, 4) is 21.6 Å². The van der Waals surface area contributed by atoms with Gasteiger partial charge in [-0.05, 0) is 41.7 Å². The molecule has 0 amide bonds. The molecule has 1 aromatic heterocycles. The topological polar surface area (TPSA) is 0 Å². The third-order valence-electron chi connectivity index (χ3n) is 3.81. The maximum Gasteiger partial charge on any atom is 0.0426 e. The van der Waals surface area contributed by atoms with Gasteiger partial charge in [-0.25, -0.2) is 0 Å². The largest absolute Gasteiger partial charge is 0.358 e. The number of thiophene rings is 1. The molecule has 0 aliphatic heterocycles. The Morgan fingerprint density at radius 2 is 1.29 bits per heavy atom. The molecule has 3 heteroatoms. The van der Waals surface area contributed by atoms with E-state index in [4.69, 9.17) is 0 Å². The summed E-state index contributed by atoms with van der Waals surface area (Å²) in [7, 11) is 0. The fraction of sp³-hybridized carbons (Fsp3) is 0.190. The summed E-state index contributed by atoms with van der Waals surface area (Å²) in [4.78, 5) is 2.81. The summed E-state index contributed by atoms with van der Waals surface area (Å²) >= 11 is 1.91. The molecule has 0 N–H and O–H groups in total. The van der Waals surface area contributed by atoms with Gasteiger partial charge in [0.1, 0.15) is 0 Å². The molecule has 1 heterocycles. The van der Waals surface area contributed by atoms with Gasteiger partial charge in [0.05, 0.1) is 0 Å². The van der Waals surface area contributed by atoms with E-state index in [-0.39, 0.29) is 48.5 Å². The van der Waals surface area contributed by atoms with Crippen LogP contribution in [0.2, 0.25) is 0 Å². The first kappa shape index (κ1) is 23.3. The van der Waals surface area contributed by atoms with Crippen LogP contribution in [-0.4, -0.2) is 8.41 Å². The zero-order chi connectivity index (χ0) is 14.8. The third kappa shape index (κ3) is 4.28. The number of fused-ring (bicyclic) bond motifs is 5. The first-order chi connectivity index (χ1) is 10.3. The molecule has 0 saturated carbocycles. The molecule has 4 rings (SSSR count). The Kier molecular flexibility index (Phi) is 10.0. The first-order valence-corrected chi connectivity index (χ1v) is 8.41. The predicted molar refractivity (Wildman–Crippen MR) is 106 cm³/mol. The fourth-order valence-corrected chi connectivity index (χ4v) is 4.04. The minimum absolute atomic E-state index is 0. The van der Waals surface area contributed by atoms with E-state index in [1.54, 1.807) is 0 Å². The van der Waals surface area contributed by atoms with Gasteiger partial charge in [0.15, 0.2) is 0 Å². The van der Waals surface area contributed by atoms with Crippen LogP contribution in [0.15, 0.2) is 54.6 Å². The van der Waals surface area contributed by atoms with Gasteiger partial charge >= 0.3 is 0 Å². The Balaban J connectivity index is 0.00000102. The van der Waals surface area contributed by atoms with Gasteiger partial charge < -0.3 is 7.43 Å². The van der Waals surface area contributed by atoms with E-state index in [1.807, 2.05) is 25.2 Å². The Hall–Kier alpha value is -0.691. The van der Waals surface area contributed by atoms with Gasteiger partial charge in [0.2, 0.25) is 0 Å². The Bertz CT molecular complexity index is 714. The second-order valence-corrected chi connectivity index (χ2v) is 6.35. The van der Waals surface area contributed by atoms with E-state index in [1.165, 1.54) is 37.6 Å². The monoisotopic (exact) mass is 407 g/mol. The van der Waals surface area contributed by atoms with Gasteiger partial charge in [-0.1, -0.05) is 62.4 Å². The van der Waals surface area contributed by atoms with Crippen LogP contribution in [0.1, 0.15) is 29.9 Å². The molecule has 120 valence electrons. The molecular weight excluding hydrogens is 384 g/mol. The molecule has 0 fully saturated rings. The van der Waals surface area contributed by atoms with E-state index in [2.05, 4.69) is 61.5 Å². The van der Waals surface area contributed by atoms with Gasteiger partial charge in [-0.2, -0.15) is 0 Å². The summed E-state index contributed by atoms with van der Waals surface area (Å²) < 4.78 is 0. The summed E-state index contributed by atoms with van der Waals surface area (Å²) in [6, 6.07) is 19.9. The maximum atomic E-state index is 2.33. The van der Waals surface area contributed by atoms with Crippen molar-refractivity contribution in [3.63, 3.8) is 0 Å². The van der Waals surface area contributed by atoms with Crippen molar-refractivity contribution in [1.29, 1.82) is 0 Å². The predicted octanol–water partition coefficient (Wildman–Crippen LogP) is 6.39. The van der Waals surface area contributed by atoms with Gasteiger partial charge in [-0.15, -0.1) is 11.3 Å². The summed E-state index contributed by atoms with van der Waals surface area (Å²) in [5.41, 5.74) is 7.09. The standard InChI is InChI=1S/C18H14S.C2H6.CH3.B.Y/c1-12-10-17-15-8-4-2-6-13(15)11-14-7-3-5-9-16(14)18(17)19-12;1-2;;;/h2-10H,11H2,1H3;1-2H3;1H3;;/q;;-1;;. The summed E-state index contributed by atoms with van der Waals surface area (Å²) in [6.45, 7) is 6.20. The molecule has 1 aliphatic rings. The molecule has 1 aliphatic carbocycles. The molecule has 0 saturated heterocycles. The molecule has 0 atom stereocenters. The van der Waals surface area contributed by atoms with Crippen molar-refractivity contribution in [2.75, 3.05) is 0 Å². The van der Waals surface area contributed by atoms with Gasteiger partial charge in [-0.3, -0.25) is 0 Å². The van der Waals surface area contributed by atoms with E-state index in [0.717, 1.165) is 6.42 Å². The number of rotatable bonds is 0. The number of benzene rings is 2. The summed E-state index contributed by atoms with van der Waals surface area (Å²) in [5.74, 6) is 0. The van der Waals surface area contributed by atoms with E-state index >= 15 is 0 Å². The van der Waals surface area contributed by atoms with Crippen LogP contribution in [0.3, 0.4) is 0 Å². The third-order valence-corrected chi connectivity index (χ3v) is 4.89. The van der Waals surface area contributed by atoms with E-state index in [9.17, 15) is 0 Å². The number of hydrogen-bond donors (Lipinski definition) is 0. The molecule has 2 aromatic carbocycles.